The largest absolute Gasteiger partial charge is 0.524 e. The number of carbonyl (C=O) groups is 2. The first-order valence-corrected chi connectivity index (χ1v) is 9.92. The van der Waals surface area contributed by atoms with Crippen LogP contribution in [-0.2, 0) is 14.1 Å². The topological polar surface area (TPSA) is 138 Å². The molecular formula is C18H19N2O7P. The summed E-state index contributed by atoms with van der Waals surface area (Å²) in [6.07, 6.45) is 1.58. The van der Waals surface area contributed by atoms with E-state index in [1.807, 2.05) is 0 Å². The van der Waals surface area contributed by atoms with Gasteiger partial charge in [0.05, 0.1) is 17.7 Å². The minimum absolute atomic E-state index is 0.0684. The van der Waals surface area contributed by atoms with Gasteiger partial charge in [0.1, 0.15) is 5.75 Å². The molecule has 0 aliphatic carbocycles. The van der Waals surface area contributed by atoms with Gasteiger partial charge < -0.3 is 19.6 Å². The average Bonchev–Trinajstić information content (AvgIpc) is 3.03. The van der Waals surface area contributed by atoms with Crippen molar-refractivity contribution in [2.75, 3.05) is 11.9 Å². The van der Waals surface area contributed by atoms with Crippen LogP contribution in [0, 0.1) is 13.8 Å². The maximum absolute atomic E-state index is 12.4. The highest BCUT2D eigenvalue weighted by Gasteiger charge is 2.27. The number of rotatable bonds is 5. The second-order valence-corrected chi connectivity index (χ2v) is 7.35. The van der Waals surface area contributed by atoms with Crippen LogP contribution >= 0.6 is 7.82 Å². The highest BCUT2D eigenvalue weighted by Crippen LogP contribution is 2.41. The smallest absolute Gasteiger partial charge is 0.462 e. The van der Waals surface area contributed by atoms with Crippen LogP contribution in [0.25, 0.3) is 11.6 Å². The molecule has 0 unspecified atom stereocenters. The van der Waals surface area contributed by atoms with Crippen molar-refractivity contribution in [3.8, 4) is 5.75 Å². The van der Waals surface area contributed by atoms with Gasteiger partial charge in [-0.3, -0.25) is 14.6 Å². The maximum Gasteiger partial charge on any atom is 0.524 e. The van der Waals surface area contributed by atoms with E-state index in [1.54, 1.807) is 26.8 Å². The van der Waals surface area contributed by atoms with Crippen LogP contribution < -0.4 is 9.84 Å². The van der Waals surface area contributed by atoms with Crippen LogP contribution in [0.5, 0.6) is 5.75 Å². The van der Waals surface area contributed by atoms with Crippen molar-refractivity contribution in [1.82, 2.24) is 4.98 Å². The summed E-state index contributed by atoms with van der Waals surface area (Å²) in [4.78, 5) is 45.6. The van der Waals surface area contributed by atoms with E-state index in [2.05, 4.69) is 14.8 Å². The number of esters is 1. The summed E-state index contributed by atoms with van der Waals surface area (Å²) in [5.74, 6) is -0.902. The molecule has 0 spiro atoms. The molecule has 9 nitrogen and oxygen atoms in total. The molecule has 0 radical (unpaired) electrons. The molecule has 0 fully saturated rings. The number of anilines is 1. The second-order valence-electron chi connectivity index (χ2n) is 6.19. The molecule has 1 aliphatic rings. The average molecular weight is 406 g/mol. The summed E-state index contributed by atoms with van der Waals surface area (Å²) >= 11 is 0. The Morgan fingerprint density at radius 2 is 2.00 bits per heavy atom. The molecule has 0 saturated carbocycles. The first kappa shape index (κ1) is 19.9. The molecule has 0 bridgehead atoms. The van der Waals surface area contributed by atoms with Gasteiger partial charge in [0.25, 0.3) is 5.91 Å². The predicted molar refractivity (Wildman–Crippen MR) is 102 cm³/mol. The molecule has 2 aromatic rings. The summed E-state index contributed by atoms with van der Waals surface area (Å²) in [5, 5.41) is 2.68. The molecular weight excluding hydrogens is 387 g/mol. The number of phosphoric acid groups is 1. The van der Waals surface area contributed by atoms with Gasteiger partial charge in [0.2, 0.25) is 0 Å². The number of hydrogen-bond donors (Lipinski definition) is 4. The lowest BCUT2D eigenvalue weighted by Gasteiger charge is -2.08. The number of phosphoric ester groups is 1. The van der Waals surface area contributed by atoms with E-state index in [9.17, 15) is 14.2 Å². The number of aromatic nitrogens is 1. The van der Waals surface area contributed by atoms with Crippen molar-refractivity contribution in [3.63, 3.8) is 0 Å². The molecule has 2 heterocycles. The predicted octanol–water partition coefficient (Wildman–Crippen LogP) is 2.77. The van der Waals surface area contributed by atoms with E-state index in [-0.39, 0.29) is 23.8 Å². The van der Waals surface area contributed by atoms with E-state index in [0.717, 1.165) is 0 Å². The fraction of sp³-hybridized carbons (Fsp3) is 0.222. The fourth-order valence-electron chi connectivity index (χ4n) is 3.08. The number of hydrogen-bond acceptors (Lipinski definition) is 5. The third-order valence-electron chi connectivity index (χ3n) is 4.24. The quantitative estimate of drug-likeness (QED) is 0.340. The number of fused-ring (bicyclic) bond motifs is 1. The van der Waals surface area contributed by atoms with Crippen molar-refractivity contribution in [3.05, 3.63) is 46.3 Å². The highest BCUT2D eigenvalue weighted by molar-refractivity contribution is 7.46. The number of amides is 1. The van der Waals surface area contributed by atoms with Gasteiger partial charge in [-0.15, -0.1) is 0 Å². The molecule has 10 heteroatoms. The van der Waals surface area contributed by atoms with Gasteiger partial charge in [-0.1, -0.05) is 0 Å². The standard InChI is InChI=1S/C18H19N2O7P/c1-4-26-18(22)16-9(2)15(19-10(16)3)8-13-12-7-11(27-28(23,24)25)5-6-14(12)20-17(13)21/h5-8,19H,4H2,1-3H3,(H,20,21)(H2,23,24,25). The van der Waals surface area contributed by atoms with E-state index in [4.69, 9.17) is 14.5 Å². The van der Waals surface area contributed by atoms with Gasteiger partial charge in [-0.25, -0.2) is 9.36 Å². The molecule has 148 valence electrons. The number of aromatic amines is 1. The molecule has 1 aliphatic heterocycles. The van der Waals surface area contributed by atoms with Crippen molar-refractivity contribution in [2.24, 2.45) is 0 Å². The minimum atomic E-state index is -4.73. The van der Waals surface area contributed by atoms with Crippen molar-refractivity contribution in [2.45, 2.75) is 20.8 Å². The zero-order valence-electron chi connectivity index (χ0n) is 15.4. The lowest BCUT2D eigenvalue weighted by molar-refractivity contribution is -0.110. The van der Waals surface area contributed by atoms with Crippen LogP contribution in [0.15, 0.2) is 18.2 Å². The minimum Gasteiger partial charge on any atom is -0.462 e. The first-order chi connectivity index (χ1) is 13.1. The van der Waals surface area contributed by atoms with Crippen molar-refractivity contribution in [1.29, 1.82) is 0 Å². The normalized spacial score (nSPS) is 14.8. The van der Waals surface area contributed by atoms with E-state index >= 15 is 0 Å². The monoisotopic (exact) mass is 406 g/mol. The zero-order valence-corrected chi connectivity index (χ0v) is 16.3. The summed E-state index contributed by atoms with van der Waals surface area (Å²) < 4.78 is 20.7. The van der Waals surface area contributed by atoms with Crippen LogP contribution in [-0.4, -0.2) is 33.3 Å². The van der Waals surface area contributed by atoms with E-state index in [1.165, 1.54) is 18.2 Å². The van der Waals surface area contributed by atoms with Gasteiger partial charge in [-0.2, -0.15) is 0 Å². The van der Waals surface area contributed by atoms with Crippen LogP contribution in [0.1, 0.15) is 39.8 Å². The number of nitrogens with one attached hydrogen (secondary N) is 2. The Morgan fingerprint density at radius 1 is 1.29 bits per heavy atom. The number of carbonyl (C=O) groups excluding carboxylic acids is 2. The summed E-state index contributed by atoms with van der Waals surface area (Å²) in [5.41, 5.74) is 3.39. The Balaban J connectivity index is 2.04. The zero-order chi connectivity index (χ0) is 20.6. The van der Waals surface area contributed by atoms with Gasteiger partial charge in [0.15, 0.2) is 0 Å². The third-order valence-corrected chi connectivity index (χ3v) is 4.69. The van der Waals surface area contributed by atoms with E-state index < -0.39 is 13.8 Å². The van der Waals surface area contributed by atoms with Crippen molar-refractivity contribution < 1.29 is 33.2 Å². The van der Waals surface area contributed by atoms with Gasteiger partial charge in [-0.05, 0) is 50.6 Å². The molecule has 0 atom stereocenters. The summed E-state index contributed by atoms with van der Waals surface area (Å²) in [6, 6.07) is 4.22. The first-order valence-electron chi connectivity index (χ1n) is 8.39. The number of benzene rings is 1. The Labute approximate surface area is 160 Å². The Kier molecular flexibility index (Phi) is 5.16. The lowest BCUT2D eigenvalue weighted by Crippen LogP contribution is -2.06. The Morgan fingerprint density at radius 3 is 2.64 bits per heavy atom. The maximum atomic E-state index is 12.4. The Bertz CT molecular complexity index is 1050. The van der Waals surface area contributed by atoms with Gasteiger partial charge >= 0.3 is 13.8 Å². The SMILES string of the molecule is CCOC(=O)c1c(C)[nH]c(C=C2C(=O)Nc3ccc(OP(=O)(O)O)cc32)c1C. The summed E-state index contributed by atoms with van der Waals surface area (Å²) in [6.45, 7) is 5.44. The third kappa shape index (κ3) is 3.87. The molecule has 0 saturated heterocycles. The number of ether oxygens (including phenoxy) is 1. The molecule has 3 rings (SSSR count). The van der Waals surface area contributed by atoms with E-state index in [0.29, 0.717) is 33.8 Å². The summed E-state index contributed by atoms with van der Waals surface area (Å²) in [7, 11) is -4.73. The molecule has 1 aromatic heterocycles. The molecule has 28 heavy (non-hydrogen) atoms. The Hall–Kier alpha value is -2.87. The fourth-order valence-corrected chi connectivity index (χ4v) is 3.47. The van der Waals surface area contributed by atoms with Crippen LogP contribution in [0.4, 0.5) is 5.69 Å². The number of H-pyrrole nitrogens is 1. The lowest BCUT2D eigenvalue weighted by atomic mass is 10.0. The molecule has 1 amide bonds. The van der Waals surface area contributed by atoms with Crippen molar-refractivity contribution >= 4 is 37.0 Å². The van der Waals surface area contributed by atoms with Gasteiger partial charge in [0, 0.05) is 22.6 Å². The number of aryl methyl sites for hydroxylation is 1. The molecule has 1 aromatic carbocycles. The van der Waals surface area contributed by atoms with Crippen LogP contribution in [0.2, 0.25) is 0 Å². The molecule has 4 N–H and O–H groups in total. The van der Waals surface area contributed by atoms with Crippen LogP contribution in [0.3, 0.4) is 0 Å². The highest BCUT2D eigenvalue weighted by atomic mass is 31.2. The second kappa shape index (κ2) is 7.27.